The third-order valence-electron chi connectivity index (χ3n) is 7.88. The Morgan fingerprint density at radius 1 is 0.952 bits per heavy atom. The zero-order valence-electron chi connectivity index (χ0n) is 14.0. The summed E-state index contributed by atoms with van der Waals surface area (Å²) in [4.78, 5) is 11.9. The molecule has 0 saturated heterocycles. The van der Waals surface area contributed by atoms with Crippen molar-refractivity contribution in [3.05, 3.63) is 11.1 Å². The van der Waals surface area contributed by atoms with Crippen molar-refractivity contribution in [2.24, 2.45) is 28.6 Å². The van der Waals surface area contributed by atoms with Gasteiger partial charge in [-0.25, -0.2) is 0 Å². The molecule has 0 N–H and O–H groups in total. The molecule has 0 heterocycles. The second-order valence-electron chi connectivity index (χ2n) is 9.16. The van der Waals surface area contributed by atoms with Crippen LogP contribution in [0.4, 0.5) is 0 Å². The fourth-order valence-corrected chi connectivity index (χ4v) is 6.52. The normalized spacial score (nSPS) is 45.1. The molecular weight excluding hydrogens is 256 g/mol. The number of rotatable bonds is 0. The van der Waals surface area contributed by atoms with Crippen molar-refractivity contribution >= 4 is 5.78 Å². The molecule has 4 aliphatic carbocycles. The van der Waals surface area contributed by atoms with Gasteiger partial charge in [-0.3, -0.25) is 4.79 Å². The Bertz CT molecular complexity index is 512. The Balaban J connectivity index is 1.68. The van der Waals surface area contributed by atoms with Gasteiger partial charge in [0.2, 0.25) is 0 Å². The predicted octanol–water partition coefficient (Wildman–Crippen LogP) is 5.30. The number of hydrogen-bond donors (Lipinski definition) is 0. The van der Waals surface area contributed by atoms with E-state index in [1.54, 1.807) is 0 Å². The third-order valence-corrected chi connectivity index (χ3v) is 7.88. The molecule has 116 valence electrons. The highest BCUT2D eigenvalue weighted by molar-refractivity contribution is 5.79. The van der Waals surface area contributed by atoms with Crippen LogP contribution in [0, 0.1) is 28.6 Å². The fraction of sp³-hybridized carbons (Fsp3) is 0.850. The van der Waals surface area contributed by atoms with E-state index < -0.39 is 0 Å². The van der Waals surface area contributed by atoms with Gasteiger partial charge in [-0.15, -0.1) is 0 Å². The molecule has 0 aromatic heterocycles. The van der Waals surface area contributed by atoms with E-state index >= 15 is 0 Å². The summed E-state index contributed by atoms with van der Waals surface area (Å²) in [5.41, 5.74) is 4.63. The average Bonchev–Trinajstić information content (AvgIpc) is 2.76. The van der Waals surface area contributed by atoms with Crippen molar-refractivity contribution in [3.8, 4) is 0 Å². The largest absolute Gasteiger partial charge is 0.300 e. The first kappa shape index (κ1) is 14.0. The summed E-state index contributed by atoms with van der Waals surface area (Å²) < 4.78 is 0. The summed E-state index contributed by atoms with van der Waals surface area (Å²) >= 11 is 0. The lowest BCUT2D eigenvalue weighted by molar-refractivity contribution is -0.129. The van der Waals surface area contributed by atoms with Gasteiger partial charge >= 0.3 is 0 Å². The van der Waals surface area contributed by atoms with Crippen LogP contribution < -0.4 is 0 Å². The van der Waals surface area contributed by atoms with Gasteiger partial charge in [-0.2, -0.15) is 0 Å². The van der Waals surface area contributed by atoms with Crippen LogP contribution in [0.5, 0.6) is 0 Å². The van der Waals surface area contributed by atoms with E-state index in [4.69, 9.17) is 0 Å². The van der Waals surface area contributed by atoms with Crippen LogP contribution in [-0.4, -0.2) is 5.78 Å². The van der Waals surface area contributed by atoms with Crippen LogP contribution >= 0.6 is 0 Å². The smallest absolute Gasteiger partial charge is 0.133 e. The van der Waals surface area contributed by atoms with Gasteiger partial charge in [0.15, 0.2) is 0 Å². The fourth-order valence-electron chi connectivity index (χ4n) is 6.52. The van der Waals surface area contributed by atoms with Crippen LogP contribution in [0.1, 0.15) is 78.6 Å². The van der Waals surface area contributed by atoms with Crippen LogP contribution in [0.15, 0.2) is 11.1 Å². The summed E-state index contributed by atoms with van der Waals surface area (Å²) in [6.45, 7) is 7.46. The van der Waals surface area contributed by atoms with Gasteiger partial charge in [0.05, 0.1) is 0 Å². The molecule has 4 atom stereocenters. The van der Waals surface area contributed by atoms with E-state index in [1.807, 2.05) is 11.1 Å². The summed E-state index contributed by atoms with van der Waals surface area (Å²) in [7, 11) is 0. The number of ketones is 1. The van der Waals surface area contributed by atoms with Gasteiger partial charge in [0.1, 0.15) is 5.78 Å². The summed E-state index contributed by atoms with van der Waals surface area (Å²) in [5.74, 6) is 2.96. The molecule has 0 spiro atoms. The van der Waals surface area contributed by atoms with E-state index in [9.17, 15) is 4.79 Å². The number of carbonyl (C=O) groups excluding carboxylic acids is 1. The summed E-state index contributed by atoms with van der Waals surface area (Å²) in [6, 6.07) is 0. The van der Waals surface area contributed by atoms with E-state index in [-0.39, 0.29) is 0 Å². The average molecular weight is 286 g/mol. The lowest BCUT2D eigenvalue weighted by atomic mass is 9.49. The van der Waals surface area contributed by atoms with Crippen molar-refractivity contribution in [2.75, 3.05) is 0 Å². The van der Waals surface area contributed by atoms with Gasteiger partial charge in [-0.05, 0) is 73.5 Å². The van der Waals surface area contributed by atoms with Crippen LogP contribution in [0.25, 0.3) is 0 Å². The summed E-state index contributed by atoms with van der Waals surface area (Å²) in [6.07, 6.45) is 11.1. The molecule has 0 amide bonds. The van der Waals surface area contributed by atoms with Crippen LogP contribution in [0.2, 0.25) is 0 Å². The SMILES string of the molecule is CC1(C)CCC2=C1CCC1C2CCC2CC(=O)CC[C@@]21C. The van der Waals surface area contributed by atoms with Crippen LogP contribution in [-0.2, 0) is 4.79 Å². The van der Waals surface area contributed by atoms with E-state index in [0.29, 0.717) is 22.5 Å². The van der Waals surface area contributed by atoms with Gasteiger partial charge in [-0.1, -0.05) is 31.9 Å². The maximum Gasteiger partial charge on any atom is 0.133 e. The van der Waals surface area contributed by atoms with E-state index in [0.717, 1.165) is 24.7 Å². The first-order valence-corrected chi connectivity index (χ1v) is 9.16. The number of carbonyl (C=O) groups is 1. The lowest BCUT2D eigenvalue weighted by Gasteiger charge is -2.55. The maximum absolute atomic E-state index is 11.9. The maximum atomic E-state index is 11.9. The summed E-state index contributed by atoms with van der Waals surface area (Å²) in [5, 5.41) is 0. The molecule has 2 saturated carbocycles. The Morgan fingerprint density at radius 3 is 2.57 bits per heavy atom. The molecule has 21 heavy (non-hydrogen) atoms. The van der Waals surface area contributed by atoms with Gasteiger partial charge < -0.3 is 0 Å². The molecular formula is C20H30O. The molecule has 0 aromatic carbocycles. The Kier molecular flexibility index (Phi) is 2.98. The minimum Gasteiger partial charge on any atom is -0.300 e. The highest BCUT2D eigenvalue weighted by Gasteiger charge is 2.53. The molecule has 0 radical (unpaired) electrons. The molecule has 4 rings (SSSR count). The van der Waals surface area contributed by atoms with Gasteiger partial charge in [0.25, 0.3) is 0 Å². The van der Waals surface area contributed by atoms with Crippen molar-refractivity contribution in [1.29, 1.82) is 0 Å². The zero-order chi connectivity index (χ0) is 14.8. The zero-order valence-corrected chi connectivity index (χ0v) is 14.0. The lowest BCUT2D eigenvalue weighted by Crippen LogP contribution is -2.48. The molecule has 2 fully saturated rings. The van der Waals surface area contributed by atoms with Crippen molar-refractivity contribution in [2.45, 2.75) is 78.6 Å². The first-order valence-electron chi connectivity index (χ1n) is 9.16. The standard InChI is InChI=1S/C20H30O/c1-19(2)10-9-16-15-5-4-13-12-14(21)8-11-20(13,3)18(15)7-6-17(16)19/h13,15,18H,4-12H2,1-3H3/t13?,15?,18?,20-/m0/s1. The highest BCUT2D eigenvalue weighted by atomic mass is 16.1. The third kappa shape index (κ3) is 1.92. The highest BCUT2D eigenvalue weighted by Crippen LogP contribution is 2.63. The minimum absolute atomic E-state index is 0.460. The first-order chi connectivity index (χ1) is 9.92. The molecule has 0 bridgehead atoms. The number of hydrogen-bond acceptors (Lipinski definition) is 1. The molecule has 1 heteroatoms. The Hall–Kier alpha value is -0.590. The van der Waals surface area contributed by atoms with Crippen LogP contribution in [0.3, 0.4) is 0 Å². The minimum atomic E-state index is 0.460. The predicted molar refractivity (Wildman–Crippen MR) is 85.9 cm³/mol. The number of fused-ring (bicyclic) bond motifs is 4. The van der Waals surface area contributed by atoms with Crippen molar-refractivity contribution in [3.63, 3.8) is 0 Å². The molecule has 0 aromatic rings. The Morgan fingerprint density at radius 2 is 1.76 bits per heavy atom. The van der Waals surface area contributed by atoms with E-state index in [1.165, 1.54) is 44.9 Å². The number of allylic oxidation sites excluding steroid dienone is 2. The Labute approximate surface area is 129 Å². The van der Waals surface area contributed by atoms with E-state index in [2.05, 4.69) is 20.8 Å². The quantitative estimate of drug-likeness (QED) is 0.552. The molecule has 4 aliphatic rings. The van der Waals surface area contributed by atoms with Gasteiger partial charge in [0, 0.05) is 12.8 Å². The monoisotopic (exact) mass is 286 g/mol. The molecule has 0 aliphatic heterocycles. The number of Topliss-reactive ketones (excluding diaryl/α,β-unsaturated/α-hetero) is 1. The second kappa shape index (κ2) is 4.46. The topological polar surface area (TPSA) is 17.1 Å². The second-order valence-corrected chi connectivity index (χ2v) is 9.16. The van der Waals surface area contributed by atoms with Crippen molar-refractivity contribution < 1.29 is 4.79 Å². The molecule has 1 nitrogen and oxygen atoms in total. The van der Waals surface area contributed by atoms with Crippen molar-refractivity contribution in [1.82, 2.24) is 0 Å². The molecule has 3 unspecified atom stereocenters.